The minimum atomic E-state index is -0.413. The van der Waals surface area contributed by atoms with Crippen LogP contribution in [0.1, 0.15) is 91.0 Å². The van der Waals surface area contributed by atoms with Crippen LogP contribution in [0, 0.1) is 11.8 Å². The number of esters is 1. The third-order valence-electron chi connectivity index (χ3n) is 5.62. The smallest absolute Gasteiger partial charge is 0.338 e. The topological polar surface area (TPSA) is 68.5 Å². The van der Waals surface area contributed by atoms with Crippen LogP contribution < -0.4 is 5.32 Å². The molecule has 0 spiro atoms. The molecule has 184 valence electrons. The molecule has 0 unspecified atom stereocenters. The highest BCUT2D eigenvalue weighted by atomic mass is 16.5. The second-order valence-corrected chi connectivity index (χ2v) is 8.91. The molecule has 0 radical (unpaired) electrons. The Bertz CT molecular complexity index is 1210. The summed E-state index contributed by atoms with van der Waals surface area (Å²) in [7, 11) is 0. The molecule has 0 saturated carbocycles. The molecule has 0 atom stereocenters. The van der Waals surface area contributed by atoms with E-state index in [2.05, 4.69) is 31.0 Å². The van der Waals surface area contributed by atoms with Crippen LogP contribution in [0.25, 0.3) is 11.0 Å². The van der Waals surface area contributed by atoms with E-state index in [1.165, 1.54) is 0 Å². The zero-order chi connectivity index (χ0) is 25.2. The van der Waals surface area contributed by atoms with Gasteiger partial charge in [-0.05, 0) is 75.7 Å². The van der Waals surface area contributed by atoms with Gasteiger partial charge in [0.05, 0.1) is 23.8 Å². The van der Waals surface area contributed by atoms with Crippen molar-refractivity contribution in [1.82, 2.24) is 5.32 Å². The van der Waals surface area contributed by atoms with Crippen molar-refractivity contribution >= 4 is 22.7 Å². The molecule has 0 fully saturated rings. The molecule has 5 nitrogen and oxygen atoms in total. The Labute approximate surface area is 208 Å². The van der Waals surface area contributed by atoms with Gasteiger partial charge in [-0.3, -0.25) is 4.79 Å². The highest BCUT2D eigenvalue weighted by Gasteiger charge is 2.23. The number of ether oxygens (including phenoxy) is 1. The lowest BCUT2D eigenvalue weighted by Gasteiger charge is -2.08. The van der Waals surface area contributed by atoms with Crippen molar-refractivity contribution in [3.63, 3.8) is 0 Å². The largest absolute Gasteiger partial charge is 0.460 e. The van der Waals surface area contributed by atoms with Crippen LogP contribution >= 0.6 is 0 Å². The molecule has 1 aromatic heterocycles. The predicted octanol–water partition coefficient (Wildman–Crippen LogP) is 6.31. The van der Waals surface area contributed by atoms with Crippen molar-refractivity contribution < 1.29 is 18.7 Å². The molecule has 3 aromatic rings. The van der Waals surface area contributed by atoms with E-state index in [4.69, 9.17) is 9.15 Å². The molecule has 35 heavy (non-hydrogen) atoms. The molecule has 0 aliphatic heterocycles. The molecular weight excluding hydrogens is 438 g/mol. The summed E-state index contributed by atoms with van der Waals surface area (Å²) in [6.07, 6.45) is 4.62. The number of benzene rings is 2. The van der Waals surface area contributed by atoms with Gasteiger partial charge < -0.3 is 14.5 Å². The number of rotatable bonds is 11. The van der Waals surface area contributed by atoms with E-state index >= 15 is 0 Å². The van der Waals surface area contributed by atoms with Crippen LogP contribution in [0.2, 0.25) is 0 Å². The van der Waals surface area contributed by atoms with Crippen molar-refractivity contribution in [3.8, 4) is 11.8 Å². The number of carbonyl (C=O) groups excluding carboxylic acids is 2. The Morgan fingerprint density at radius 2 is 1.71 bits per heavy atom. The number of hydrogen-bond donors (Lipinski definition) is 1. The summed E-state index contributed by atoms with van der Waals surface area (Å²) in [6.45, 7) is 9.49. The van der Waals surface area contributed by atoms with Crippen molar-refractivity contribution in [2.45, 2.75) is 65.9 Å². The number of fused-ring (bicyclic) bond motifs is 1. The van der Waals surface area contributed by atoms with Crippen LogP contribution in [-0.4, -0.2) is 30.9 Å². The number of ketones is 1. The highest BCUT2D eigenvalue weighted by molar-refractivity contribution is 6.17. The van der Waals surface area contributed by atoms with Gasteiger partial charge in [-0.25, -0.2) is 4.79 Å². The zero-order valence-electron chi connectivity index (χ0n) is 21.2. The molecule has 2 aromatic carbocycles. The van der Waals surface area contributed by atoms with Gasteiger partial charge >= 0.3 is 5.97 Å². The van der Waals surface area contributed by atoms with E-state index in [0.717, 1.165) is 37.8 Å². The van der Waals surface area contributed by atoms with Gasteiger partial charge in [0.1, 0.15) is 11.3 Å². The number of nitrogens with one attached hydrogen (secondary N) is 1. The maximum Gasteiger partial charge on any atom is 0.338 e. The first-order chi connectivity index (χ1) is 16.9. The third-order valence-corrected chi connectivity index (χ3v) is 5.62. The maximum absolute atomic E-state index is 13.6. The minimum absolute atomic E-state index is 0.120. The Morgan fingerprint density at radius 1 is 1.00 bits per heavy atom. The lowest BCUT2D eigenvalue weighted by molar-refractivity contribution is 0.0378. The monoisotopic (exact) mass is 473 g/mol. The highest BCUT2D eigenvalue weighted by Crippen LogP contribution is 2.31. The van der Waals surface area contributed by atoms with E-state index in [9.17, 15) is 9.59 Å². The number of furan rings is 1. The van der Waals surface area contributed by atoms with E-state index in [-0.39, 0.29) is 11.9 Å². The van der Waals surface area contributed by atoms with E-state index in [1.54, 1.807) is 30.3 Å². The zero-order valence-corrected chi connectivity index (χ0v) is 21.2. The molecule has 0 amide bonds. The molecule has 0 aliphatic rings. The minimum Gasteiger partial charge on any atom is -0.460 e. The second-order valence-electron chi connectivity index (χ2n) is 8.91. The predicted molar refractivity (Wildman–Crippen MR) is 140 cm³/mol. The normalized spacial score (nSPS) is 10.9. The van der Waals surface area contributed by atoms with Gasteiger partial charge in [-0.2, -0.15) is 0 Å². The number of hydrogen-bond acceptors (Lipinski definition) is 5. The summed E-state index contributed by atoms with van der Waals surface area (Å²) in [6, 6.07) is 12.5. The van der Waals surface area contributed by atoms with E-state index in [1.807, 2.05) is 26.0 Å². The molecule has 1 N–H and O–H groups in total. The van der Waals surface area contributed by atoms with Crippen LogP contribution in [-0.2, 0) is 11.2 Å². The lowest BCUT2D eigenvalue weighted by atomic mass is 9.97. The Kier molecular flexibility index (Phi) is 9.69. The first-order valence-corrected chi connectivity index (χ1v) is 12.5. The number of carbonyl (C=O) groups is 2. The summed E-state index contributed by atoms with van der Waals surface area (Å²) in [5, 5.41) is 3.94. The molecule has 0 bridgehead atoms. The van der Waals surface area contributed by atoms with Crippen molar-refractivity contribution in [2.75, 3.05) is 13.1 Å². The average Bonchev–Trinajstić information content (AvgIpc) is 3.21. The number of aryl methyl sites for hydroxylation is 1. The summed E-state index contributed by atoms with van der Waals surface area (Å²) >= 11 is 0. The van der Waals surface area contributed by atoms with Crippen molar-refractivity contribution in [2.24, 2.45) is 0 Å². The van der Waals surface area contributed by atoms with Crippen molar-refractivity contribution in [3.05, 3.63) is 70.5 Å². The average molecular weight is 474 g/mol. The van der Waals surface area contributed by atoms with Crippen LogP contribution in [0.5, 0.6) is 0 Å². The fraction of sp³-hybridized carbons (Fsp3) is 0.400. The van der Waals surface area contributed by atoms with E-state index in [0.29, 0.717) is 46.4 Å². The van der Waals surface area contributed by atoms with Gasteiger partial charge in [0.15, 0.2) is 5.78 Å². The molecule has 1 heterocycles. The van der Waals surface area contributed by atoms with Gasteiger partial charge in [-0.15, -0.1) is 0 Å². The number of unbranched alkanes of at least 4 members (excludes halogenated alkanes) is 2. The van der Waals surface area contributed by atoms with Gasteiger partial charge in [0.2, 0.25) is 0 Å². The summed E-state index contributed by atoms with van der Waals surface area (Å²) in [5.41, 5.74) is 2.94. The first kappa shape index (κ1) is 26.2. The lowest BCUT2D eigenvalue weighted by Crippen LogP contribution is -2.14. The van der Waals surface area contributed by atoms with Gasteiger partial charge in [0.25, 0.3) is 0 Å². The first-order valence-electron chi connectivity index (χ1n) is 12.5. The van der Waals surface area contributed by atoms with Crippen molar-refractivity contribution in [1.29, 1.82) is 0 Å². The molecular formula is C30H35NO4. The molecule has 5 heteroatoms. The standard InChI is InChI=1S/C30H35NO4/c1-5-7-11-27-28(25-20-24(16-17-26(25)35-27)30(33)34-21(3)4)29(32)23-14-12-22(13-15-23)10-9-19-31-18-8-6-2/h12-17,20-21,31H,5-8,11,18-19H2,1-4H3. The Hall–Kier alpha value is -3.36. The van der Waals surface area contributed by atoms with Crippen LogP contribution in [0.3, 0.4) is 0 Å². The molecule has 0 saturated heterocycles. The van der Waals surface area contributed by atoms with Crippen LogP contribution in [0.4, 0.5) is 0 Å². The van der Waals surface area contributed by atoms with Crippen LogP contribution in [0.15, 0.2) is 46.9 Å². The quantitative estimate of drug-likeness (QED) is 0.153. The fourth-order valence-corrected chi connectivity index (χ4v) is 3.77. The Balaban J connectivity index is 1.89. The van der Waals surface area contributed by atoms with Gasteiger partial charge in [0, 0.05) is 22.9 Å². The fourth-order valence-electron chi connectivity index (χ4n) is 3.77. The third kappa shape index (κ3) is 7.07. The van der Waals surface area contributed by atoms with E-state index < -0.39 is 5.97 Å². The summed E-state index contributed by atoms with van der Waals surface area (Å²) in [5.74, 6) is 6.37. The summed E-state index contributed by atoms with van der Waals surface area (Å²) < 4.78 is 11.4. The maximum atomic E-state index is 13.6. The second kappa shape index (κ2) is 12.9. The molecule has 3 rings (SSSR count). The SMILES string of the molecule is CCCCNCC#Cc1ccc(C(=O)c2c(CCCC)oc3ccc(C(=O)OC(C)C)cc23)cc1. The molecule has 0 aliphatic carbocycles. The Morgan fingerprint density at radius 3 is 2.40 bits per heavy atom. The summed E-state index contributed by atoms with van der Waals surface area (Å²) in [4.78, 5) is 26.1. The van der Waals surface area contributed by atoms with Gasteiger partial charge in [-0.1, -0.05) is 38.5 Å².